The van der Waals surface area contributed by atoms with Crippen molar-refractivity contribution in [1.29, 1.82) is 5.26 Å². The fourth-order valence-electron chi connectivity index (χ4n) is 3.90. The van der Waals surface area contributed by atoms with Gasteiger partial charge in [-0.1, -0.05) is 20.8 Å². The number of ether oxygens (including phenoxy) is 1. The van der Waals surface area contributed by atoms with Crippen molar-refractivity contribution in [1.82, 2.24) is 15.0 Å². The molecule has 0 bridgehead atoms. The molecular formula is C24H25F2N5O2. The summed E-state index contributed by atoms with van der Waals surface area (Å²) in [5.74, 6) is -1.70. The van der Waals surface area contributed by atoms with Crippen LogP contribution in [0.1, 0.15) is 57.1 Å². The fraction of sp³-hybridized carbons (Fsp3) is 0.417. The quantitative estimate of drug-likeness (QED) is 0.507. The number of methoxy groups -OCH3 is 1. The Bertz CT molecular complexity index is 1270. The molecule has 0 radical (unpaired) electrons. The molecule has 9 heteroatoms. The number of halogens is 2. The number of nitrogens with one attached hydrogen (secondary N) is 2. The van der Waals surface area contributed by atoms with Gasteiger partial charge < -0.3 is 15.0 Å². The van der Waals surface area contributed by atoms with Gasteiger partial charge >= 0.3 is 5.97 Å². The van der Waals surface area contributed by atoms with Gasteiger partial charge in [-0.2, -0.15) is 5.26 Å². The number of H-pyrrole nitrogens is 1. The Kier molecular flexibility index (Phi) is 5.78. The average molecular weight is 453 g/mol. The number of carbonyl (C=O) groups is 1. The molecule has 3 aromatic heterocycles. The summed E-state index contributed by atoms with van der Waals surface area (Å²) in [4.78, 5) is 23.5. The van der Waals surface area contributed by atoms with Crippen molar-refractivity contribution in [2.75, 3.05) is 12.4 Å². The monoisotopic (exact) mass is 453 g/mol. The lowest BCUT2D eigenvalue weighted by molar-refractivity contribution is -0.141. The Morgan fingerprint density at radius 1 is 1.39 bits per heavy atom. The molecular weight excluding hydrogens is 428 g/mol. The van der Waals surface area contributed by atoms with Crippen molar-refractivity contribution >= 4 is 22.8 Å². The second-order valence-electron chi connectivity index (χ2n) is 9.39. The Morgan fingerprint density at radius 3 is 2.73 bits per heavy atom. The number of nitriles is 1. The highest BCUT2D eigenvalue weighted by Crippen LogP contribution is 2.46. The molecule has 0 aromatic carbocycles. The van der Waals surface area contributed by atoms with Crippen LogP contribution in [0, 0.1) is 28.4 Å². The third kappa shape index (κ3) is 4.38. The van der Waals surface area contributed by atoms with E-state index in [2.05, 4.69) is 26.3 Å². The fourth-order valence-corrected chi connectivity index (χ4v) is 3.90. The highest BCUT2D eigenvalue weighted by Gasteiger charge is 2.35. The van der Waals surface area contributed by atoms with E-state index in [0.717, 1.165) is 19.0 Å². The SMILES string of the molecule is COC(=O)C[C@@H](Nc1nc(-c2c[nH]c3ncc(F)cc23)c(C#N)c(C2CC2)c1F)C(C)(C)C. The lowest BCUT2D eigenvalue weighted by atomic mass is 9.84. The number of hydrogen-bond acceptors (Lipinski definition) is 6. The van der Waals surface area contributed by atoms with Gasteiger partial charge in [-0.25, -0.2) is 18.7 Å². The highest BCUT2D eigenvalue weighted by molar-refractivity contribution is 5.94. The lowest BCUT2D eigenvalue weighted by Crippen LogP contribution is -2.37. The van der Waals surface area contributed by atoms with E-state index in [1.165, 1.54) is 13.2 Å². The molecule has 1 saturated carbocycles. The molecule has 3 aromatic rings. The van der Waals surface area contributed by atoms with Crippen LogP contribution in [0.3, 0.4) is 0 Å². The van der Waals surface area contributed by atoms with Crippen LogP contribution in [0.4, 0.5) is 14.6 Å². The molecule has 2 N–H and O–H groups in total. The summed E-state index contributed by atoms with van der Waals surface area (Å²) < 4.78 is 34.5. The first kappa shape index (κ1) is 22.6. The maximum atomic E-state index is 15.7. The van der Waals surface area contributed by atoms with E-state index in [9.17, 15) is 14.4 Å². The number of nitrogens with zero attached hydrogens (tertiary/aromatic N) is 3. The van der Waals surface area contributed by atoms with Crippen molar-refractivity contribution in [3.8, 4) is 17.3 Å². The molecule has 0 spiro atoms. The van der Waals surface area contributed by atoms with Crippen LogP contribution in [0.2, 0.25) is 0 Å². The Labute approximate surface area is 190 Å². The molecule has 0 saturated heterocycles. The number of hydrogen-bond donors (Lipinski definition) is 2. The van der Waals surface area contributed by atoms with Crippen LogP contribution in [0.15, 0.2) is 18.5 Å². The van der Waals surface area contributed by atoms with Gasteiger partial charge in [-0.3, -0.25) is 4.79 Å². The number of fused-ring (bicyclic) bond motifs is 1. The minimum Gasteiger partial charge on any atom is -0.469 e. The maximum Gasteiger partial charge on any atom is 0.307 e. The standard InChI is InChI=1S/C24H25F2N5O2/c1-24(2,3)17(8-18(32)33-4)30-23-20(26)19(12-5-6-12)15(9-27)21(31-23)16-11-29-22-14(16)7-13(25)10-28-22/h7,10-12,17H,5-6,8H2,1-4H3,(H,28,29)(H,30,31)/t17-/m1/s1. The van der Waals surface area contributed by atoms with Crippen LogP contribution < -0.4 is 5.32 Å². The number of aromatic nitrogens is 3. The van der Waals surface area contributed by atoms with Gasteiger partial charge in [0, 0.05) is 28.8 Å². The number of pyridine rings is 2. The minimum absolute atomic E-state index is 0.0113. The smallest absolute Gasteiger partial charge is 0.307 e. The Hall–Kier alpha value is -3.54. The van der Waals surface area contributed by atoms with Crippen LogP contribution in [0.25, 0.3) is 22.3 Å². The lowest BCUT2D eigenvalue weighted by Gasteiger charge is -2.31. The van der Waals surface area contributed by atoms with Gasteiger partial charge in [0.2, 0.25) is 0 Å². The minimum atomic E-state index is -0.596. The Balaban J connectivity index is 1.90. The molecule has 1 aliphatic rings. The first-order valence-corrected chi connectivity index (χ1v) is 10.7. The summed E-state index contributed by atoms with van der Waals surface area (Å²) in [7, 11) is 1.30. The van der Waals surface area contributed by atoms with E-state index >= 15 is 4.39 Å². The van der Waals surface area contributed by atoms with Crippen molar-refractivity contribution in [3.05, 3.63) is 41.2 Å². The summed E-state index contributed by atoms with van der Waals surface area (Å²) in [5.41, 5.74) is 1.14. The largest absolute Gasteiger partial charge is 0.469 e. The molecule has 172 valence electrons. The second-order valence-corrected chi connectivity index (χ2v) is 9.39. The first-order valence-electron chi connectivity index (χ1n) is 10.7. The van der Waals surface area contributed by atoms with Crippen LogP contribution in [-0.4, -0.2) is 34.1 Å². The van der Waals surface area contributed by atoms with Crippen molar-refractivity contribution in [2.45, 2.75) is 52.0 Å². The van der Waals surface area contributed by atoms with E-state index in [4.69, 9.17) is 4.74 Å². The molecule has 3 heterocycles. The predicted molar refractivity (Wildman–Crippen MR) is 119 cm³/mol. The summed E-state index contributed by atoms with van der Waals surface area (Å²) in [5, 5.41) is 13.5. The normalized spacial score (nSPS) is 14.7. The summed E-state index contributed by atoms with van der Waals surface area (Å²) in [6.07, 6.45) is 4.23. The van der Waals surface area contributed by atoms with Gasteiger partial charge in [-0.05, 0) is 30.2 Å². The zero-order chi connectivity index (χ0) is 23.9. The number of rotatable bonds is 6. The molecule has 7 nitrogen and oxygen atoms in total. The zero-order valence-electron chi connectivity index (χ0n) is 18.9. The molecule has 0 unspecified atom stereocenters. The van der Waals surface area contributed by atoms with Crippen molar-refractivity contribution in [3.63, 3.8) is 0 Å². The van der Waals surface area contributed by atoms with E-state index in [1.807, 2.05) is 20.8 Å². The van der Waals surface area contributed by atoms with E-state index in [-0.39, 0.29) is 29.4 Å². The number of carbonyl (C=O) groups excluding carboxylic acids is 1. The van der Waals surface area contributed by atoms with Gasteiger partial charge in [0.15, 0.2) is 11.6 Å². The molecule has 0 amide bonds. The van der Waals surface area contributed by atoms with E-state index < -0.39 is 29.1 Å². The average Bonchev–Trinajstić information content (AvgIpc) is 3.52. The zero-order valence-corrected chi connectivity index (χ0v) is 18.9. The summed E-state index contributed by atoms with van der Waals surface area (Å²) >= 11 is 0. The van der Waals surface area contributed by atoms with Crippen LogP contribution >= 0.6 is 0 Å². The van der Waals surface area contributed by atoms with Gasteiger partial charge in [0.25, 0.3) is 0 Å². The summed E-state index contributed by atoms with van der Waals surface area (Å²) in [6, 6.07) is 2.93. The van der Waals surface area contributed by atoms with E-state index in [0.29, 0.717) is 22.2 Å². The maximum absolute atomic E-state index is 15.7. The summed E-state index contributed by atoms with van der Waals surface area (Å²) in [6.45, 7) is 5.77. The third-order valence-electron chi connectivity index (χ3n) is 5.98. The van der Waals surface area contributed by atoms with Gasteiger partial charge in [-0.15, -0.1) is 0 Å². The number of esters is 1. The molecule has 1 atom stereocenters. The number of aromatic amines is 1. The molecule has 4 rings (SSSR count). The van der Waals surface area contributed by atoms with Crippen LogP contribution in [0.5, 0.6) is 0 Å². The molecule has 0 aliphatic heterocycles. The predicted octanol–water partition coefficient (Wildman–Crippen LogP) is 5.04. The molecule has 33 heavy (non-hydrogen) atoms. The van der Waals surface area contributed by atoms with Crippen LogP contribution in [-0.2, 0) is 9.53 Å². The second kappa shape index (κ2) is 8.43. The third-order valence-corrected chi connectivity index (χ3v) is 5.98. The van der Waals surface area contributed by atoms with Gasteiger partial charge in [0.1, 0.15) is 17.5 Å². The van der Waals surface area contributed by atoms with Crippen molar-refractivity contribution < 1.29 is 18.3 Å². The number of anilines is 1. The Morgan fingerprint density at radius 2 is 2.12 bits per heavy atom. The highest BCUT2D eigenvalue weighted by atomic mass is 19.1. The van der Waals surface area contributed by atoms with Gasteiger partial charge in [0.05, 0.1) is 31.0 Å². The first-order chi connectivity index (χ1) is 15.6. The molecule has 1 fully saturated rings. The molecule has 1 aliphatic carbocycles. The topological polar surface area (TPSA) is 104 Å². The van der Waals surface area contributed by atoms with E-state index in [1.54, 1.807) is 6.20 Å². The van der Waals surface area contributed by atoms with Crippen molar-refractivity contribution in [2.24, 2.45) is 5.41 Å².